The number of carbonyl (C=O) groups excluding carboxylic acids is 1. The molecule has 1 aromatic heterocycles. The minimum atomic E-state index is -0.488. The molecule has 1 aliphatic heterocycles. The highest BCUT2D eigenvalue weighted by Crippen LogP contribution is 2.20. The van der Waals surface area contributed by atoms with Gasteiger partial charge >= 0.3 is 0 Å². The van der Waals surface area contributed by atoms with Crippen LogP contribution in [0.5, 0.6) is 0 Å². The zero-order valence-corrected chi connectivity index (χ0v) is 15.1. The van der Waals surface area contributed by atoms with E-state index in [0.29, 0.717) is 37.4 Å². The van der Waals surface area contributed by atoms with Crippen molar-refractivity contribution in [3.05, 3.63) is 76.6 Å². The molecule has 28 heavy (non-hydrogen) atoms. The van der Waals surface area contributed by atoms with Crippen molar-refractivity contribution in [3.8, 4) is 0 Å². The Morgan fingerprint density at radius 1 is 0.964 bits per heavy atom. The van der Waals surface area contributed by atoms with Gasteiger partial charge in [0.15, 0.2) is 5.43 Å². The summed E-state index contributed by atoms with van der Waals surface area (Å²) in [6.45, 7) is 2.12. The number of amides is 1. The Hall–Kier alpha value is -3.22. The summed E-state index contributed by atoms with van der Waals surface area (Å²) in [5.74, 6) is -0.852. The fourth-order valence-corrected chi connectivity index (χ4v) is 3.57. The van der Waals surface area contributed by atoms with E-state index in [1.807, 2.05) is 4.90 Å². The summed E-state index contributed by atoms with van der Waals surface area (Å²) < 4.78 is 29.1. The highest BCUT2D eigenvalue weighted by Gasteiger charge is 2.23. The lowest BCUT2D eigenvalue weighted by atomic mass is 10.2. The summed E-state index contributed by atoms with van der Waals surface area (Å²) in [5, 5.41) is 0.250. The van der Waals surface area contributed by atoms with Gasteiger partial charge in [-0.05, 0) is 30.3 Å². The minimum Gasteiger partial charge on any atom is -0.366 e. The van der Waals surface area contributed by atoms with Crippen LogP contribution in [0.3, 0.4) is 0 Å². The van der Waals surface area contributed by atoms with Crippen LogP contribution in [0.15, 0.2) is 59.5 Å². The Labute approximate surface area is 160 Å². The molecule has 3 aromatic rings. The number of aromatic nitrogens is 1. The van der Waals surface area contributed by atoms with E-state index in [-0.39, 0.29) is 29.1 Å². The van der Waals surface area contributed by atoms with Crippen LogP contribution in [0.1, 0.15) is 0 Å². The number of pyridine rings is 1. The van der Waals surface area contributed by atoms with Crippen LogP contribution in [0.25, 0.3) is 10.9 Å². The van der Waals surface area contributed by atoms with Crippen molar-refractivity contribution in [1.82, 2.24) is 9.47 Å². The lowest BCUT2D eigenvalue weighted by Gasteiger charge is -2.36. The molecule has 1 saturated heterocycles. The summed E-state index contributed by atoms with van der Waals surface area (Å²) >= 11 is 0. The first-order chi connectivity index (χ1) is 13.5. The maximum atomic E-state index is 13.9. The molecule has 0 unspecified atom stereocenters. The average Bonchev–Trinajstić information content (AvgIpc) is 2.71. The summed E-state index contributed by atoms with van der Waals surface area (Å²) in [7, 11) is 0. The smallest absolute Gasteiger partial charge is 0.242 e. The third-order valence-electron chi connectivity index (χ3n) is 5.07. The van der Waals surface area contributed by atoms with E-state index >= 15 is 0 Å². The summed E-state index contributed by atoms with van der Waals surface area (Å²) in [5.41, 5.74) is 0.784. The molecular formula is C21H19F2N3O2. The lowest BCUT2D eigenvalue weighted by Crippen LogP contribution is -2.49. The highest BCUT2D eigenvalue weighted by atomic mass is 19.1. The number of benzene rings is 2. The van der Waals surface area contributed by atoms with E-state index in [1.165, 1.54) is 30.3 Å². The van der Waals surface area contributed by atoms with Crippen molar-refractivity contribution in [2.24, 2.45) is 0 Å². The lowest BCUT2D eigenvalue weighted by molar-refractivity contribution is -0.132. The van der Waals surface area contributed by atoms with E-state index in [2.05, 4.69) is 0 Å². The van der Waals surface area contributed by atoms with Crippen molar-refractivity contribution in [2.75, 3.05) is 31.1 Å². The van der Waals surface area contributed by atoms with Crippen LogP contribution in [0.2, 0.25) is 0 Å². The number of hydrogen-bond acceptors (Lipinski definition) is 3. The molecule has 0 spiro atoms. The maximum absolute atomic E-state index is 13.9. The first-order valence-corrected chi connectivity index (χ1v) is 9.09. The van der Waals surface area contributed by atoms with Crippen LogP contribution in [-0.4, -0.2) is 41.6 Å². The van der Waals surface area contributed by atoms with Crippen LogP contribution in [0, 0.1) is 11.6 Å². The van der Waals surface area contributed by atoms with E-state index in [4.69, 9.17) is 0 Å². The predicted octanol–water partition coefficient (Wildman–Crippen LogP) is 2.63. The second-order valence-corrected chi connectivity index (χ2v) is 6.79. The van der Waals surface area contributed by atoms with Crippen molar-refractivity contribution >= 4 is 22.5 Å². The van der Waals surface area contributed by atoms with E-state index in [9.17, 15) is 18.4 Å². The number of piperazine rings is 1. The fraction of sp³-hybridized carbons (Fsp3) is 0.238. The largest absolute Gasteiger partial charge is 0.366 e. The van der Waals surface area contributed by atoms with Gasteiger partial charge < -0.3 is 14.4 Å². The molecule has 0 bridgehead atoms. The quantitative estimate of drug-likeness (QED) is 0.699. The molecule has 2 heterocycles. The zero-order valence-electron chi connectivity index (χ0n) is 15.1. The van der Waals surface area contributed by atoms with Gasteiger partial charge in [0.1, 0.15) is 18.2 Å². The van der Waals surface area contributed by atoms with Gasteiger partial charge in [-0.25, -0.2) is 8.78 Å². The topological polar surface area (TPSA) is 45.6 Å². The highest BCUT2D eigenvalue weighted by molar-refractivity contribution is 5.82. The van der Waals surface area contributed by atoms with Crippen molar-refractivity contribution in [1.29, 1.82) is 0 Å². The van der Waals surface area contributed by atoms with Crippen molar-refractivity contribution in [3.63, 3.8) is 0 Å². The Bertz CT molecular complexity index is 1090. The van der Waals surface area contributed by atoms with Crippen LogP contribution in [-0.2, 0) is 11.3 Å². The van der Waals surface area contributed by atoms with E-state index in [1.54, 1.807) is 33.9 Å². The molecule has 7 heteroatoms. The fourth-order valence-electron chi connectivity index (χ4n) is 3.57. The third kappa shape index (κ3) is 3.47. The molecule has 1 fully saturated rings. The first-order valence-electron chi connectivity index (χ1n) is 9.09. The molecule has 5 nitrogen and oxygen atoms in total. The van der Waals surface area contributed by atoms with Gasteiger partial charge in [0, 0.05) is 43.8 Å². The Kier molecular flexibility index (Phi) is 4.81. The van der Waals surface area contributed by atoms with Crippen LogP contribution in [0.4, 0.5) is 14.5 Å². The Morgan fingerprint density at radius 2 is 1.71 bits per heavy atom. The molecule has 2 aromatic carbocycles. The van der Waals surface area contributed by atoms with Gasteiger partial charge in [-0.1, -0.05) is 12.1 Å². The minimum absolute atomic E-state index is 0.0576. The van der Waals surface area contributed by atoms with Gasteiger partial charge in [0.05, 0.1) is 11.2 Å². The molecule has 0 atom stereocenters. The molecule has 1 amide bonds. The molecule has 144 valence electrons. The van der Waals surface area contributed by atoms with Crippen LogP contribution >= 0.6 is 0 Å². The van der Waals surface area contributed by atoms with Crippen molar-refractivity contribution in [2.45, 2.75) is 6.54 Å². The van der Waals surface area contributed by atoms with Gasteiger partial charge in [0.2, 0.25) is 5.91 Å². The van der Waals surface area contributed by atoms with E-state index < -0.39 is 5.82 Å². The summed E-state index contributed by atoms with van der Waals surface area (Å²) in [6, 6.07) is 11.9. The van der Waals surface area contributed by atoms with Gasteiger partial charge in [-0.2, -0.15) is 0 Å². The number of halogens is 2. The second-order valence-electron chi connectivity index (χ2n) is 6.79. The maximum Gasteiger partial charge on any atom is 0.242 e. The predicted molar refractivity (Wildman–Crippen MR) is 103 cm³/mol. The van der Waals surface area contributed by atoms with Gasteiger partial charge in [-0.3, -0.25) is 9.59 Å². The van der Waals surface area contributed by atoms with E-state index in [0.717, 1.165) is 0 Å². The number of hydrogen-bond donors (Lipinski definition) is 0. The molecule has 0 aliphatic carbocycles. The second kappa shape index (κ2) is 7.42. The molecule has 0 N–H and O–H groups in total. The number of anilines is 1. The van der Waals surface area contributed by atoms with Crippen LogP contribution < -0.4 is 10.3 Å². The number of nitrogens with zero attached hydrogens (tertiary/aromatic N) is 3. The normalized spacial score (nSPS) is 14.5. The number of para-hydroxylation sites is 1. The monoisotopic (exact) mass is 383 g/mol. The number of carbonyl (C=O) groups is 1. The molecule has 1 aliphatic rings. The molecule has 4 rings (SSSR count). The first kappa shape index (κ1) is 18.2. The van der Waals surface area contributed by atoms with Crippen molar-refractivity contribution < 1.29 is 13.6 Å². The number of fused-ring (bicyclic) bond motifs is 1. The standard InChI is InChI=1S/C21H19F2N3O2/c22-15-5-6-18-16(13-15)20(27)7-8-26(18)14-21(28)25-11-9-24(10-12-25)19-4-2-1-3-17(19)23/h1-8,13H,9-12,14H2. The number of rotatable bonds is 3. The summed E-state index contributed by atoms with van der Waals surface area (Å²) in [4.78, 5) is 28.3. The third-order valence-corrected chi connectivity index (χ3v) is 5.07. The molecule has 0 radical (unpaired) electrons. The average molecular weight is 383 g/mol. The Balaban J connectivity index is 1.47. The van der Waals surface area contributed by atoms with Gasteiger partial charge in [0.25, 0.3) is 0 Å². The Morgan fingerprint density at radius 3 is 2.46 bits per heavy atom. The molecule has 0 saturated carbocycles. The SMILES string of the molecule is O=C(Cn1ccc(=O)c2cc(F)ccc21)N1CCN(c2ccccc2F)CC1. The molecular weight excluding hydrogens is 364 g/mol. The summed E-state index contributed by atoms with van der Waals surface area (Å²) in [6.07, 6.45) is 1.55. The zero-order chi connectivity index (χ0) is 19.7. The van der Waals surface area contributed by atoms with Gasteiger partial charge in [-0.15, -0.1) is 0 Å².